The summed E-state index contributed by atoms with van der Waals surface area (Å²) in [6.07, 6.45) is 0. The van der Waals surface area contributed by atoms with Crippen molar-refractivity contribution in [2.45, 2.75) is 12.5 Å². The Labute approximate surface area is 73.7 Å². The molecule has 6 nitrogen and oxygen atoms in total. The molecule has 0 aromatic rings. The number of hydrogen-bond donors (Lipinski definition) is 2. The molecular weight excluding hydrogens is 203 g/mol. The van der Waals surface area contributed by atoms with E-state index in [0.29, 0.717) is 0 Å². The van der Waals surface area contributed by atoms with Crippen LogP contribution in [0.3, 0.4) is 0 Å². The van der Waals surface area contributed by atoms with E-state index in [0.717, 1.165) is 6.92 Å². The fourth-order valence-corrected chi connectivity index (χ4v) is 1.92. The van der Waals surface area contributed by atoms with Crippen LogP contribution >= 0.6 is 0 Å². The van der Waals surface area contributed by atoms with Gasteiger partial charge in [0.25, 0.3) is 5.91 Å². The van der Waals surface area contributed by atoms with E-state index < -0.39 is 33.5 Å². The third-order valence-corrected chi connectivity index (χ3v) is 2.50. The van der Waals surface area contributed by atoms with Crippen LogP contribution in [0.5, 0.6) is 0 Å². The molecule has 3 amide bonds. The maximum atomic E-state index is 12.2. The fourth-order valence-electron chi connectivity index (χ4n) is 1.03. The molecule has 1 rings (SSSR count). The molecule has 0 bridgehead atoms. The topological polar surface area (TPSA) is 92.3 Å². The maximum Gasteiger partial charge on any atom is 0.322 e. The van der Waals surface area contributed by atoms with Gasteiger partial charge >= 0.3 is 16.3 Å². The molecule has 1 atom stereocenters. The van der Waals surface area contributed by atoms with Gasteiger partial charge in [0.05, 0.1) is 0 Å². The highest BCUT2D eigenvalue weighted by atomic mass is 32.3. The Morgan fingerprint density at radius 1 is 1.46 bits per heavy atom. The Hall–Kier alpha value is -1.18. The van der Waals surface area contributed by atoms with Gasteiger partial charge in [-0.2, -0.15) is 8.42 Å². The molecule has 0 aromatic carbocycles. The number of halogens is 1. The second kappa shape index (κ2) is 2.66. The van der Waals surface area contributed by atoms with Crippen molar-refractivity contribution < 1.29 is 21.9 Å². The molecule has 1 aliphatic rings. The molecule has 74 valence electrons. The van der Waals surface area contributed by atoms with Crippen molar-refractivity contribution in [1.29, 1.82) is 0 Å². The molecule has 1 saturated heterocycles. The Morgan fingerprint density at radius 2 is 2.00 bits per heavy atom. The summed E-state index contributed by atoms with van der Waals surface area (Å²) in [6, 6.07) is -0.823. The van der Waals surface area contributed by atoms with Crippen LogP contribution in [0, 0.1) is 0 Å². The third-order valence-electron chi connectivity index (χ3n) is 1.58. The third kappa shape index (κ3) is 2.14. The number of amides is 3. The van der Waals surface area contributed by atoms with Crippen molar-refractivity contribution in [3.05, 3.63) is 0 Å². The summed E-state index contributed by atoms with van der Waals surface area (Å²) in [7, 11) is -4.80. The maximum absolute atomic E-state index is 12.2. The average molecular weight is 210 g/mol. The van der Waals surface area contributed by atoms with Crippen LogP contribution in [-0.2, 0) is 15.0 Å². The van der Waals surface area contributed by atoms with E-state index in [1.165, 1.54) is 0 Å². The molecule has 1 aliphatic heterocycles. The van der Waals surface area contributed by atoms with Gasteiger partial charge in [-0.15, -0.1) is 3.89 Å². The van der Waals surface area contributed by atoms with Gasteiger partial charge in [0.1, 0.15) is 11.3 Å². The minimum absolute atomic E-state index is 0.823. The van der Waals surface area contributed by atoms with E-state index >= 15 is 0 Å². The lowest BCUT2D eigenvalue weighted by molar-refractivity contribution is -0.122. The van der Waals surface area contributed by atoms with Gasteiger partial charge in [0, 0.05) is 0 Å². The highest BCUT2D eigenvalue weighted by Crippen LogP contribution is 2.13. The van der Waals surface area contributed by atoms with Gasteiger partial charge in [0.2, 0.25) is 0 Å². The lowest BCUT2D eigenvalue weighted by Crippen LogP contribution is -2.48. The quantitative estimate of drug-likeness (QED) is 0.446. The number of nitrogens with one attached hydrogen (secondary N) is 2. The molecule has 0 radical (unpaired) electrons. The van der Waals surface area contributed by atoms with Crippen molar-refractivity contribution in [3.63, 3.8) is 0 Å². The monoisotopic (exact) mass is 210 g/mol. The average Bonchev–Trinajstić information content (AvgIpc) is 2.00. The molecule has 8 heteroatoms. The van der Waals surface area contributed by atoms with Crippen molar-refractivity contribution in [2.24, 2.45) is 0 Å². The van der Waals surface area contributed by atoms with Gasteiger partial charge in [-0.1, -0.05) is 0 Å². The van der Waals surface area contributed by atoms with Crippen molar-refractivity contribution in [3.8, 4) is 0 Å². The second-order valence-corrected chi connectivity index (χ2v) is 4.29. The van der Waals surface area contributed by atoms with E-state index in [1.807, 2.05) is 10.6 Å². The van der Waals surface area contributed by atoms with Crippen LogP contribution in [0.4, 0.5) is 8.68 Å². The molecule has 1 heterocycles. The zero-order valence-electron chi connectivity index (χ0n) is 6.63. The van der Waals surface area contributed by atoms with Crippen LogP contribution < -0.4 is 10.6 Å². The molecule has 2 N–H and O–H groups in total. The van der Waals surface area contributed by atoms with E-state index in [9.17, 15) is 21.9 Å². The lowest BCUT2D eigenvalue weighted by Gasteiger charge is -2.16. The largest absolute Gasteiger partial charge is 0.322 e. The minimum Gasteiger partial charge on any atom is -0.322 e. The molecule has 0 aromatic heterocycles. The summed E-state index contributed by atoms with van der Waals surface area (Å²) in [5, 5.41) is 3.83. The van der Waals surface area contributed by atoms with Crippen LogP contribution in [0.15, 0.2) is 0 Å². The minimum atomic E-state index is -4.80. The van der Waals surface area contributed by atoms with E-state index in [2.05, 4.69) is 0 Å². The van der Waals surface area contributed by atoms with Crippen LogP contribution in [0.1, 0.15) is 6.92 Å². The smallest absolute Gasteiger partial charge is 0.322 e. The number of carbonyl (C=O) groups excluding carboxylic acids is 2. The first-order chi connectivity index (χ1) is 5.73. The zero-order chi connectivity index (χ0) is 10.3. The standard InChI is InChI=1S/C5H7FN2O4S/c1-5(2-13(6,11)12)3(9)7-4(10)8-5/h2H2,1H3,(H2,7,8,9,10)/t5-/m0/s1. The molecule has 1 fully saturated rings. The summed E-state index contributed by atoms with van der Waals surface area (Å²) < 4.78 is 32.7. The molecule has 0 unspecified atom stereocenters. The molecule has 0 saturated carbocycles. The Kier molecular flexibility index (Phi) is 2.02. The summed E-state index contributed by atoms with van der Waals surface area (Å²) in [5.74, 6) is -1.91. The first-order valence-corrected chi connectivity index (χ1v) is 4.84. The highest BCUT2D eigenvalue weighted by molar-refractivity contribution is 7.86. The number of imide groups is 1. The molecule has 13 heavy (non-hydrogen) atoms. The van der Waals surface area contributed by atoms with Gasteiger partial charge in [0.15, 0.2) is 0 Å². The van der Waals surface area contributed by atoms with Crippen LogP contribution in [0.2, 0.25) is 0 Å². The zero-order valence-corrected chi connectivity index (χ0v) is 7.44. The second-order valence-electron chi connectivity index (χ2n) is 2.92. The van der Waals surface area contributed by atoms with E-state index in [-0.39, 0.29) is 0 Å². The van der Waals surface area contributed by atoms with Gasteiger partial charge in [-0.3, -0.25) is 10.1 Å². The highest BCUT2D eigenvalue weighted by Gasteiger charge is 2.45. The predicted octanol–water partition coefficient (Wildman–Crippen LogP) is -1.12. The Balaban J connectivity index is 2.90. The number of urea groups is 1. The van der Waals surface area contributed by atoms with Crippen molar-refractivity contribution in [1.82, 2.24) is 10.6 Å². The van der Waals surface area contributed by atoms with Gasteiger partial charge in [-0.05, 0) is 6.92 Å². The summed E-state index contributed by atoms with van der Waals surface area (Å²) in [5.41, 5.74) is -1.70. The SMILES string of the molecule is C[C@@]1(CS(=O)(=O)F)NC(=O)NC1=O. The normalized spacial score (nSPS) is 28.5. The van der Waals surface area contributed by atoms with Crippen molar-refractivity contribution in [2.75, 3.05) is 5.75 Å². The van der Waals surface area contributed by atoms with Gasteiger partial charge < -0.3 is 5.32 Å². The van der Waals surface area contributed by atoms with Crippen LogP contribution in [0.25, 0.3) is 0 Å². The van der Waals surface area contributed by atoms with Gasteiger partial charge in [-0.25, -0.2) is 4.79 Å². The first-order valence-electron chi connectivity index (χ1n) is 3.29. The Morgan fingerprint density at radius 3 is 2.31 bits per heavy atom. The van der Waals surface area contributed by atoms with E-state index in [4.69, 9.17) is 0 Å². The Bertz CT molecular complexity index is 365. The van der Waals surface area contributed by atoms with Crippen LogP contribution in [-0.4, -0.2) is 31.6 Å². The number of carbonyl (C=O) groups is 2. The number of hydrogen-bond acceptors (Lipinski definition) is 4. The summed E-state index contributed by atoms with van der Waals surface area (Å²) in [6.45, 7) is 1.13. The molecule has 0 aliphatic carbocycles. The lowest BCUT2D eigenvalue weighted by atomic mass is 10.1. The predicted molar refractivity (Wildman–Crippen MR) is 40.0 cm³/mol. The van der Waals surface area contributed by atoms with E-state index in [1.54, 1.807) is 0 Å². The molecular formula is C5H7FN2O4S. The summed E-state index contributed by atoms with van der Waals surface area (Å²) >= 11 is 0. The fraction of sp³-hybridized carbons (Fsp3) is 0.600. The summed E-state index contributed by atoms with van der Waals surface area (Å²) in [4.78, 5) is 21.6. The van der Waals surface area contributed by atoms with Crippen molar-refractivity contribution >= 4 is 22.2 Å². The number of rotatable bonds is 2. The first kappa shape index (κ1) is 9.90. The molecule has 0 spiro atoms.